The highest BCUT2D eigenvalue weighted by Crippen LogP contribution is 2.44. The van der Waals surface area contributed by atoms with Gasteiger partial charge in [0.05, 0.1) is 0 Å². The summed E-state index contributed by atoms with van der Waals surface area (Å²) in [7, 11) is 0. The molecule has 0 unspecified atom stereocenters. The Kier molecular flexibility index (Phi) is 5.69. The smallest absolute Gasteiger partial charge is 0.217 e. The third-order valence-corrected chi connectivity index (χ3v) is 7.39. The van der Waals surface area contributed by atoms with E-state index in [0.29, 0.717) is 5.92 Å². The highest BCUT2D eigenvalue weighted by atomic mass is 32.1. The number of hydrogen-bond donors (Lipinski definition) is 0. The minimum Gasteiger partial charge on any atom is -0.656 e. The van der Waals surface area contributed by atoms with Crippen molar-refractivity contribution in [2.24, 2.45) is 5.92 Å². The van der Waals surface area contributed by atoms with Crippen LogP contribution in [0.2, 0.25) is 0 Å². The van der Waals surface area contributed by atoms with Gasteiger partial charge in [0.15, 0.2) is 6.20 Å². The molecule has 3 heteroatoms. The normalized spacial score (nSPS) is 15.3. The molecule has 0 spiro atoms. The van der Waals surface area contributed by atoms with Gasteiger partial charge in [-0.15, -0.1) is 22.7 Å². The van der Waals surface area contributed by atoms with E-state index in [4.69, 9.17) is 5.32 Å². The quantitative estimate of drug-likeness (QED) is 0.273. The molecule has 0 bridgehead atoms. The van der Waals surface area contributed by atoms with Crippen LogP contribution in [-0.4, -0.2) is 0 Å². The Labute approximate surface area is 206 Å². The predicted molar refractivity (Wildman–Crippen MR) is 147 cm³/mol. The summed E-state index contributed by atoms with van der Waals surface area (Å²) in [5, 5.41) is 10.9. The van der Waals surface area contributed by atoms with Crippen LogP contribution in [0.1, 0.15) is 51.5 Å². The highest BCUT2D eigenvalue weighted by molar-refractivity contribution is 7.11. The van der Waals surface area contributed by atoms with Crippen LogP contribution in [0.3, 0.4) is 0 Å². The minimum atomic E-state index is 0.0382. The Balaban J connectivity index is 1.72. The topological polar surface area (TPSA) is 20.0 Å². The number of nitrogens with zero attached hydrogens (tertiary/aromatic N) is 2. The predicted octanol–water partition coefficient (Wildman–Crippen LogP) is 8.05. The fourth-order valence-corrected chi connectivity index (χ4v) is 5.64. The lowest BCUT2D eigenvalue weighted by molar-refractivity contribution is -0.486. The van der Waals surface area contributed by atoms with E-state index in [1.807, 2.05) is 4.24 Å². The summed E-state index contributed by atoms with van der Waals surface area (Å²) in [6, 6.07) is 19.8. The van der Waals surface area contributed by atoms with Crippen LogP contribution < -0.4 is 9.46 Å². The molecule has 2 aromatic carbocycles. The second kappa shape index (κ2) is 8.56. The number of pyridine rings is 1. The van der Waals surface area contributed by atoms with Crippen LogP contribution in [0.25, 0.3) is 38.6 Å². The molecule has 0 saturated heterocycles. The fourth-order valence-electron chi connectivity index (χ4n) is 4.78. The molecule has 0 saturated carbocycles. The van der Waals surface area contributed by atoms with Crippen molar-refractivity contribution in [1.29, 1.82) is 0 Å². The first kappa shape index (κ1) is 22.6. The largest absolute Gasteiger partial charge is 0.656 e. The maximum atomic E-state index is 5.03. The number of benzene rings is 2. The lowest BCUT2D eigenvalue weighted by Crippen LogP contribution is -2.22. The van der Waals surface area contributed by atoms with E-state index in [-0.39, 0.29) is 5.41 Å². The lowest BCUT2D eigenvalue weighted by Gasteiger charge is -2.31. The summed E-state index contributed by atoms with van der Waals surface area (Å²) in [5.74, 6) is 0.599. The Morgan fingerprint density at radius 2 is 1.82 bits per heavy atom. The van der Waals surface area contributed by atoms with Crippen LogP contribution >= 0.6 is 11.3 Å². The molecule has 1 aliphatic heterocycles. The second-order valence-corrected chi connectivity index (χ2v) is 11.6. The molecule has 5 rings (SSSR count). The van der Waals surface area contributed by atoms with Gasteiger partial charge in [-0.05, 0) is 62.4 Å². The molecule has 4 aromatic rings. The second-order valence-electron chi connectivity index (χ2n) is 10.7. The van der Waals surface area contributed by atoms with E-state index in [9.17, 15) is 0 Å². The van der Waals surface area contributed by atoms with Crippen LogP contribution in [0.15, 0.2) is 72.3 Å². The number of allylic oxidation sites excluding steroid dienone is 1. The number of aromatic nitrogens is 1. The molecule has 0 aliphatic carbocycles. The molecule has 0 radical (unpaired) electrons. The number of fused-ring (bicyclic) bond motifs is 2. The Bertz CT molecular complexity index is 1530. The molecular formula is C31H32N2S. The van der Waals surface area contributed by atoms with Gasteiger partial charge >= 0.3 is 0 Å². The molecule has 3 heterocycles. The van der Waals surface area contributed by atoms with Crippen molar-refractivity contribution in [3.05, 3.63) is 99.9 Å². The minimum absolute atomic E-state index is 0.0382. The van der Waals surface area contributed by atoms with Crippen LogP contribution in [0.4, 0.5) is 5.69 Å². The number of thiophene rings is 1. The molecule has 0 N–H and O–H groups in total. The van der Waals surface area contributed by atoms with Gasteiger partial charge in [-0.25, -0.2) is 0 Å². The van der Waals surface area contributed by atoms with Gasteiger partial charge in [-0.1, -0.05) is 71.0 Å². The number of hydrogen-bond acceptors (Lipinski definition) is 1. The van der Waals surface area contributed by atoms with E-state index in [0.717, 1.165) is 28.7 Å². The zero-order valence-corrected chi connectivity index (χ0v) is 21.5. The monoisotopic (exact) mass is 464 g/mol. The maximum absolute atomic E-state index is 5.03. The molecule has 0 fully saturated rings. The van der Waals surface area contributed by atoms with E-state index >= 15 is 0 Å². The van der Waals surface area contributed by atoms with Gasteiger partial charge in [-0.2, -0.15) is 4.24 Å². The molecule has 34 heavy (non-hydrogen) atoms. The van der Waals surface area contributed by atoms with Crippen LogP contribution in [0.5, 0.6) is 0 Å². The zero-order chi connectivity index (χ0) is 24.0. The van der Waals surface area contributed by atoms with Gasteiger partial charge in [0.2, 0.25) is 5.69 Å². The molecule has 2 aromatic heterocycles. The maximum Gasteiger partial charge on any atom is 0.217 e. The standard InChI is InChI=1S/C31H32N2S/c1-20(2)15-24-18-28(32-27-12-14-34-30(24)27)22-11-13-33(6)29(19-22)23-16-21-9-7-8-10-25(21)26(17-23)31(3,4)5/h7-14,16-20H,6,15H2,1-5H3. The van der Waals surface area contributed by atoms with Crippen molar-refractivity contribution in [2.45, 2.75) is 46.5 Å². The molecular weight excluding hydrogens is 432 g/mol. The van der Waals surface area contributed by atoms with E-state index in [2.05, 4.69) is 114 Å². The SMILES string of the molecule is C=[n+]1ccc(=C2C=C(CC(C)C)c3sccc3[N-]2)cc1-c1cc(C(C)(C)C)c2ccccc2c1. The summed E-state index contributed by atoms with van der Waals surface area (Å²) < 4.78 is 1.97. The first-order valence-corrected chi connectivity index (χ1v) is 12.9. The molecule has 1 aliphatic rings. The Morgan fingerprint density at radius 3 is 2.59 bits per heavy atom. The van der Waals surface area contributed by atoms with Crippen molar-refractivity contribution >= 4 is 39.1 Å². The average Bonchev–Trinajstić information content (AvgIpc) is 3.27. The van der Waals surface area contributed by atoms with Crippen molar-refractivity contribution in [1.82, 2.24) is 0 Å². The Hall–Kier alpha value is -3.17. The molecule has 172 valence electrons. The summed E-state index contributed by atoms with van der Waals surface area (Å²) in [5.41, 5.74) is 7.16. The van der Waals surface area contributed by atoms with E-state index in [1.165, 1.54) is 32.3 Å². The summed E-state index contributed by atoms with van der Waals surface area (Å²) in [6.07, 6.45) is 5.39. The van der Waals surface area contributed by atoms with Crippen molar-refractivity contribution in [2.75, 3.05) is 0 Å². The summed E-state index contributed by atoms with van der Waals surface area (Å²) >= 11 is 1.79. The first-order valence-electron chi connectivity index (χ1n) is 12.0. The van der Waals surface area contributed by atoms with Crippen LogP contribution in [0, 0.1) is 12.6 Å². The summed E-state index contributed by atoms with van der Waals surface area (Å²) in [6.45, 7) is 15.7. The highest BCUT2D eigenvalue weighted by Gasteiger charge is 2.20. The van der Waals surface area contributed by atoms with Gasteiger partial charge in [0, 0.05) is 22.6 Å². The van der Waals surface area contributed by atoms with Crippen LogP contribution in [-0.2, 0) is 5.41 Å². The first-order chi connectivity index (χ1) is 16.2. The molecule has 0 atom stereocenters. The third kappa shape index (κ3) is 4.21. The molecule has 0 amide bonds. The summed E-state index contributed by atoms with van der Waals surface area (Å²) in [4.78, 5) is 1.31. The number of rotatable bonds is 3. The zero-order valence-electron chi connectivity index (χ0n) is 20.7. The average molecular weight is 465 g/mol. The van der Waals surface area contributed by atoms with Gasteiger partial charge in [0.25, 0.3) is 0 Å². The van der Waals surface area contributed by atoms with E-state index < -0.39 is 0 Å². The lowest BCUT2D eigenvalue weighted by atomic mass is 9.82. The van der Waals surface area contributed by atoms with Gasteiger partial charge in [-0.3, -0.25) is 0 Å². The van der Waals surface area contributed by atoms with Crippen molar-refractivity contribution in [3.63, 3.8) is 0 Å². The van der Waals surface area contributed by atoms with Crippen molar-refractivity contribution < 1.29 is 4.24 Å². The van der Waals surface area contributed by atoms with Crippen molar-refractivity contribution in [3.8, 4) is 11.3 Å². The van der Waals surface area contributed by atoms with Gasteiger partial charge < -0.3 is 5.32 Å². The fraction of sp³-hybridized carbons (Fsp3) is 0.258. The molecule has 2 nitrogen and oxygen atoms in total. The van der Waals surface area contributed by atoms with Gasteiger partial charge in [0.1, 0.15) is 6.72 Å². The third-order valence-electron chi connectivity index (χ3n) is 6.41. The Morgan fingerprint density at radius 1 is 1.03 bits per heavy atom. The van der Waals surface area contributed by atoms with E-state index in [1.54, 1.807) is 11.3 Å².